The van der Waals surface area contributed by atoms with Gasteiger partial charge in [-0.25, -0.2) is 9.78 Å². The first-order chi connectivity index (χ1) is 12.6. The molecule has 1 N–H and O–H groups in total. The van der Waals surface area contributed by atoms with Crippen LogP contribution in [0.15, 0.2) is 35.7 Å². The van der Waals surface area contributed by atoms with Gasteiger partial charge in [0.25, 0.3) is 0 Å². The lowest BCUT2D eigenvalue weighted by Crippen LogP contribution is -2.52. The number of likely N-dealkylation sites (tertiary alicyclic amines) is 1. The summed E-state index contributed by atoms with van der Waals surface area (Å²) in [5.41, 5.74) is 1.92. The molecule has 3 amide bonds. The third kappa shape index (κ3) is 3.19. The van der Waals surface area contributed by atoms with Crippen molar-refractivity contribution in [3.05, 3.63) is 47.0 Å². The molecule has 2 aliphatic rings. The van der Waals surface area contributed by atoms with E-state index in [0.717, 1.165) is 18.7 Å². The van der Waals surface area contributed by atoms with E-state index in [1.807, 2.05) is 28.5 Å². The van der Waals surface area contributed by atoms with E-state index in [-0.39, 0.29) is 24.4 Å². The molecule has 1 aromatic carbocycles. The van der Waals surface area contributed by atoms with Gasteiger partial charge in [0, 0.05) is 25.0 Å². The highest BCUT2D eigenvalue weighted by molar-refractivity contribution is 7.14. The van der Waals surface area contributed by atoms with E-state index in [0.29, 0.717) is 24.1 Å². The predicted octanol–water partition coefficient (Wildman–Crippen LogP) is 2.82. The van der Waals surface area contributed by atoms with E-state index in [1.165, 1.54) is 16.9 Å². The minimum absolute atomic E-state index is 0.0944. The summed E-state index contributed by atoms with van der Waals surface area (Å²) >= 11 is 1.42. The highest BCUT2D eigenvalue weighted by atomic mass is 32.1. The second-order valence-corrected chi connectivity index (χ2v) is 7.75. The largest absolute Gasteiger partial charge is 0.338 e. The number of anilines is 1. The molecule has 7 heteroatoms. The molecule has 2 aliphatic heterocycles. The van der Waals surface area contributed by atoms with Crippen molar-refractivity contribution in [3.8, 4) is 0 Å². The lowest BCUT2D eigenvalue weighted by atomic mass is 9.84. The van der Waals surface area contributed by atoms with Gasteiger partial charge in [0.1, 0.15) is 0 Å². The number of urea groups is 1. The molecule has 6 nitrogen and oxygen atoms in total. The van der Waals surface area contributed by atoms with Gasteiger partial charge >= 0.3 is 6.03 Å². The van der Waals surface area contributed by atoms with Crippen molar-refractivity contribution in [3.63, 3.8) is 0 Å². The molecule has 2 saturated heterocycles. The zero-order chi connectivity index (χ0) is 18.1. The van der Waals surface area contributed by atoms with Crippen LogP contribution in [-0.2, 0) is 11.2 Å². The summed E-state index contributed by atoms with van der Waals surface area (Å²) in [7, 11) is 0. The molecule has 2 fully saturated rings. The fraction of sp³-hybridized carbons (Fsp3) is 0.421. The molecule has 0 aliphatic carbocycles. The number of hydrogen-bond donors (Lipinski definition) is 1. The lowest BCUT2D eigenvalue weighted by molar-refractivity contribution is -0.142. The molecule has 0 radical (unpaired) electrons. The van der Waals surface area contributed by atoms with Crippen molar-refractivity contribution in [1.82, 2.24) is 15.2 Å². The number of nitrogens with zero attached hydrogens (tertiary/aromatic N) is 3. The van der Waals surface area contributed by atoms with Crippen LogP contribution < -0.4 is 10.2 Å². The predicted molar refractivity (Wildman–Crippen MR) is 101 cm³/mol. The number of amides is 3. The second kappa shape index (κ2) is 7.07. The van der Waals surface area contributed by atoms with Crippen molar-refractivity contribution in [2.45, 2.75) is 25.8 Å². The van der Waals surface area contributed by atoms with Gasteiger partial charge in [-0.15, -0.1) is 11.3 Å². The number of rotatable bonds is 4. The van der Waals surface area contributed by atoms with Gasteiger partial charge in [-0.05, 0) is 17.9 Å². The van der Waals surface area contributed by atoms with Crippen LogP contribution in [0.4, 0.5) is 9.93 Å². The van der Waals surface area contributed by atoms with Crippen LogP contribution in [0, 0.1) is 5.92 Å². The maximum absolute atomic E-state index is 12.8. The minimum atomic E-state index is -0.107. The van der Waals surface area contributed by atoms with Crippen molar-refractivity contribution < 1.29 is 9.59 Å². The first-order valence-corrected chi connectivity index (χ1v) is 9.85. The molecule has 4 rings (SSSR count). The second-order valence-electron chi connectivity index (χ2n) is 6.91. The maximum Gasteiger partial charge on any atom is 0.323 e. The van der Waals surface area contributed by atoms with Crippen LogP contribution in [0.2, 0.25) is 0 Å². The quantitative estimate of drug-likeness (QED) is 0.900. The highest BCUT2D eigenvalue weighted by Gasteiger charge is 2.39. The van der Waals surface area contributed by atoms with Crippen LogP contribution >= 0.6 is 11.3 Å². The van der Waals surface area contributed by atoms with E-state index in [1.54, 1.807) is 4.90 Å². The van der Waals surface area contributed by atoms with Crippen LogP contribution in [0.3, 0.4) is 0 Å². The number of aromatic nitrogens is 1. The summed E-state index contributed by atoms with van der Waals surface area (Å²) < 4.78 is 0. The number of carbonyl (C=O) groups excluding carboxylic acids is 2. The summed E-state index contributed by atoms with van der Waals surface area (Å²) in [5.74, 6) is 0.557. The SMILES string of the molecule is C[C@@H]1CN(C(=O)Cc2csc(N3CCCNC3=O)n2)[C@H]1c1ccccc1. The summed E-state index contributed by atoms with van der Waals surface area (Å²) in [4.78, 5) is 32.8. The van der Waals surface area contributed by atoms with Crippen LogP contribution in [0.5, 0.6) is 0 Å². The molecule has 1 aromatic heterocycles. The molecule has 0 bridgehead atoms. The van der Waals surface area contributed by atoms with Crippen LogP contribution in [0.25, 0.3) is 0 Å². The minimum Gasteiger partial charge on any atom is -0.338 e. The molecule has 0 spiro atoms. The summed E-state index contributed by atoms with van der Waals surface area (Å²) in [6.45, 7) is 4.34. The average Bonchev–Trinajstić information content (AvgIpc) is 3.09. The van der Waals surface area contributed by atoms with Crippen molar-refractivity contribution in [2.24, 2.45) is 5.92 Å². The van der Waals surface area contributed by atoms with Gasteiger partial charge in [-0.2, -0.15) is 0 Å². The van der Waals surface area contributed by atoms with Gasteiger partial charge < -0.3 is 10.2 Å². The van der Waals surface area contributed by atoms with Gasteiger partial charge in [0.2, 0.25) is 5.91 Å². The maximum atomic E-state index is 12.8. The van der Waals surface area contributed by atoms with Gasteiger partial charge in [-0.1, -0.05) is 37.3 Å². The number of carbonyl (C=O) groups is 2. The number of thiazole rings is 1. The lowest BCUT2D eigenvalue weighted by Gasteiger charge is -2.47. The Hall–Kier alpha value is -2.41. The monoisotopic (exact) mass is 370 g/mol. The summed E-state index contributed by atoms with van der Waals surface area (Å²) in [6.07, 6.45) is 1.19. The molecular weight excluding hydrogens is 348 g/mol. The molecular formula is C19H22N4O2S. The standard InChI is InChI=1S/C19H22N4O2S/c1-13-11-23(17(13)14-6-3-2-4-7-14)16(24)10-15-12-26-19(21-15)22-9-5-8-20-18(22)25/h2-4,6-7,12-13,17H,5,8-11H2,1H3,(H,20,25)/t13-,17-/m1/s1. The van der Waals surface area contributed by atoms with E-state index in [4.69, 9.17) is 0 Å². The Morgan fingerprint density at radius 2 is 2.15 bits per heavy atom. The molecule has 0 saturated carbocycles. The summed E-state index contributed by atoms with van der Waals surface area (Å²) in [5, 5.41) is 5.38. The van der Waals surface area contributed by atoms with Crippen LogP contribution in [-0.4, -0.2) is 41.5 Å². The topological polar surface area (TPSA) is 65.5 Å². The zero-order valence-electron chi connectivity index (χ0n) is 14.7. The Balaban J connectivity index is 1.43. The van der Waals surface area contributed by atoms with E-state index >= 15 is 0 Å². The van der Waals surface area contributed by atoms with Crippen molar-refractivity contribution >= 4 is 28.4 Å². The van der Waals surface area contributed by atoms with Crippen LogP contribution in [0.1, 0.15) is 30.6 Å². The Morgan fingerprint density at radius 1 is 1.35 bits per heavy atom. The van der Waals surface area contributed by atoms with Gasteiger partial charge in [0.15, 0.2) is 5.13 Å². The molecule has 0 unspecified atom stereocenters. The Labute approximate surface area is 156 Å². The van der Waals surface area contributed by atoms with Gasteiger partial charge in [0.05, 0.1) is 18.2 Å². The van der Waals surface area contributed by atoms with Crippen molar-refractivity contribution in [1.29, 1.82) is 0 Å². The molecule has 136 valence electrons. The molecule has 26 heavy (non-hydrogen) atoms. The number of nitrogens with one attached hydrogen (secondary N) is 1. The fourth-order valence-corrected chi connectivity index (χ4v) is 4.53. The third-order valence-corrected chi connectivity index (χ3v) is 5.92. The van der Waals surface area contributed by atoms with E-state index < -0.39 is 0 Å². The molecule has 2 aromatic rings. The molecule has 3 heterocycles. The van der Waals surface area contributed by atoms with E-state index in [9.17, 15) is 9.59 Å². The van der Waals surface area contributed by atoms with E-state index in [2.05, 4.69) is 29.4 Å². The van der Waals surface area contributed by atoms with Gasteiger partial charge in [-0.3, -0.25) is 9.69 Å². The summed E-state index contributed by atoms with van der Waals surface area (Å²) in [6, 6.07) is 10.2. The highest BCUT2D eigenvalue weighted by Crippen LogP contribution is 2.38. The first kappa shape index (κ1) is 17.0. The third-order valence-electron chi connectivity index (χ3n) is 5.00. The average molecular weight is 370 g/mol. The number of benzene rings is 1. The zero-order valence-corrected chi connectivity index (χ0v) is 15.5. The Bertz CT molecular complexity index is 807. The fourth-order valence-electron chi connectivity index (χ4n) is 3.68. The first-order valence-electron chi connectivity index (χ1n) is 8.97. The smallest absolute Gasteiger partial charge is 0.323 e. The van der Waals surface area contributed by atoms with Crippen molar-refractivity contribution in [2.75, 3.05) is 24.5 Å². The molecule has 2 atom stereocenters. The Morgan fingerprint density at radius 3 is 2.88 bits per heavy atom. The normalized spacial score (nSPS) is 22.7. The Kier molecular flexibility index (Phi) is 4.63. The number of hydrogen-bond acceptors (Lipinski definition) is 4.